The first-order chi connectivity index (χ1) is 6.67. The molecule has 14 heavy (non-hydrogen) atoms. The van der Waals surface area contributed by atoms with Gasteiger partial charge in [-0.05, 0) is 25.2 Å². The minimum absolute atomic E-state index is 0.150. The molecule has 0 aromatic heterocycles. The van der Waals surface area contributed by atoms with Crippen LogP contribution in [-0.2, 0) is 13.1 Å². The molecule has 0 saturated carbocycles. The lowest BCUT2D eigenvalue weighted by molar-refractivity contribution is 0.339. The van der Waals surface area contributed by atoms with Crippen LogP contribution in [0.2, 0.25) is 0 Å². The van der Waals surface area contributed by atoms with Gasteiger partial charge in [0.15, 0.2) is 0 Å². The second-order valence-electron chi connectivity index (χ2n) is 3.46. The Kier molecular flexibility index (Phi) is 4.04. The fraction of sp³-hybridized carbons (Fsp3) is 0.455. The van der Waals surface area contributed by atoms with Gasteiger partial charge in [0.25, 0.3) is 0 Å². The molecule has 0 bridgehead atoms. The summed E-state index contributed by atoms with van der Waals surface area (Å²) in [6.07, 6.45) is 0. The first-order valence-corrected chi connectivity index (χ1v) is 4.83. The van der Waals surface area contributed by atoms with Gasteiger partial charge in [-0.2, -0.15) is 0 Å². The molecule has 0 aliphatic heterocycles. The van der Waals surface area contributed by atoms with Crippen LogP contribution in [0.15, 0.2) is 18.2 Å². The van der Waals surface area contributed by atoms with Gasteiger partial charge in [0.2, 0.25) is 0 Å². The van der Waals surface area contributed by atoms with Crippen molar-refractivity contribution in [3.8, 4) is 0 Å². The molecule has 1 aromatic carbocycles. The number of hydrogen-bond acceptors (Lipinski definition) is 2. The average molecular weight is 196 g/mol. The van der Waals surface area contributed by atoms with E-state index >= 15 is 0 Å². The molecule has 0 aliphatic carbocycles. The zero-order chi connectivity index (χ0) is 10.6. The van der Waals surface area contributed by atoms with Crippen LogP contribution in [0.5, 0.6) is 0 Å². The lowest BCUT2D eigenvalue weighted by atomic mass is 10.1. The Labute approximate surface area is 84.5 Å². The fourth-order valence-corrected chi connectivity index (χ4v) is 1.28. The van der Waals surface area contributed by atoms with Crippen LogP contribution in [0.1, 0.15) is 18.1 Å². The van der Waals surface area contributed by atoms with Gasteiger partial charge in [0.1, 0.15) is 5.82 Å². The van der Waals surface area contributed by atoms with Crippen molar-refractivity contribution in [1.29, 1.82) is 0 Å². The maximum Gasteiger partial charge on any atom is 0.127 e. The van der Waals surface area contributed by atoms with Gasteiger partial charge in [-0.1, -0.05) is 19.1 Å². The van der Waals surface area contributed by atoms with Crippen molar-refractivity contribution in [2.45, 2.75) is 20.0 Å². The van der Waals surface area contributed by atoms with Crippen LogP contribution >= 0.6 is 0 Å². The average Bonchev–Trinajstić information content (AvgIpc) is 2.21. The number of nitrogens with two attached hydrogens (primary N) is 1. The van der Waals surface area contributed by atoms with E-state index in [1.165, 1.54) is 6.07 Å². The molecule has 3 heteroatoms. The van der Waals surface area contributed by atoms with Gasteiger partial charge in [-0.3, -0.25) is 0 Å². The van der Waals surface area contributed by atoms with Crippen molar-refractivity contribution in [3.63, 3.8) is 0 Å². The second-order valence-corrected chi connectivity index (χ2v) is 3.46. The van der Waals surface area contributed by atoms with Gasteiger partial charge >= 0.3 is 0 Å². The van der Waals surface area contributed by atoms with Crippen molar-refractivity contribution in [2.75, 3.05) is 13.6 Å². The molecular weight excluding hydrogens is 179 g/mol. The van der Waals surface area contributed by atoms with Crippen molar-refractivity contribution >= 4 is 0 Å². The lowest BCUT2D eigenvalue weighted by Gasteiger charge is -2.14. The van der Waals surface area contributed by atoms with Crippen LogP contribution < -0.4 is 5.73 Å². The number of rotatable bonds is 4. The number of halogens is 1. The van der Waals surface area contributed by atoms with Crippen molar-refractivity contribution in [1.82, 2.24) is 4.90 Å². The minimum Gasteiger partial charge on any atom is -0.326 e. The smallest absolute Gasteiger partial charge is 0.127 e. The quantitative estimate of drug-likeness (QED) is 0.794. The van der Waals surface area contributed by atoms with E-state index in [-0.39, 0.29) is 5.82 Å². The summed E-state index contributed by atoms with van der Waals surface area (Å²) in [6, 6.07) is 5.05. The molecule has 1 aromatic rings. The van der Waals surface area contributed by atoms with E-state index in [0.717, 1.165) is 17.7 Å². The van der Waals surface area contributed by atoms with E-state index in [2.05, 4.69) is 4.90 Å². The Morgan fingerprint density at radius 1 is 1.43 bits per heavy atom. The SMILES string of the molecule is CCN(C)Cc1cc(CN)ccc1F. The van der Waals surface area contributed by atoms with Crippen LogP contribution in [-0.4, -0.2) is 18.5 Å². The van der Waals surface area contributed by atoms with Crippen LogP contribution in [0.4, 0.5) is 4.39 Å². The summed E-state index contributed by atoms with van der Waals surface area (Å²) in [5.41, 5.74) is 7.19. The standard InChI is InChI=1S/C11H17FN2/c1-3-14(2)8-10-6-9(7-13)4-5-11(10)12/h4-6H,3,7-8,13H2,1-2H3. The Morgan fingerprint density at radius 2 is 2.14 bits per heavy atom. The number of nitrogens with zero attached hydrogens (tertiary/aromatic N) is 1. The molecule has 1 rings (SSSR count). The highest BCUT2D eigenvalue weighted by atomic mass is 19.1. The Balaban J connectivity index is 2.83. The molecule has 2 N–H and O–H groups in total. The summed E-state index contributed by atoms with van der Waals surface area (Å²) in [5.74, 6) is -0.150. The van der Waals surface area contributed by atoms with Gasteiger partial charge < -0.3 is 10.6 Å². The summed E-state index contributed by atoms with van der Waals surface area (Å²) in [4.78, 5) is 2.05. The van der Waals surface area contributed by atoms with Crippen LogP contribution in [0, 0.1) is 5.82 Å². The lowest BCUT2D eigenvalue weighted by Crippen LogP contribution is -2.17. The highest BCUT2D eigenvalue weighted by Gasteiger charge is 2.05. The van der Waals surface area contributed by atoms with Crippen molar-refractivity contribution in [3.05, 3.63) is 35.1 Å². The molecule has 0 unspecified atom stereocenters. The van der Waals surface area contributed by atoms with Gasteiger partial charge in [0.05, 0.1) is 0 Å². The van der Waals surface area contributed by atoms with E-state index < -0.39 is 0 Å². The van der Waals surface area contributed by atoms with E-state index in [9.17, 15) is 4.39 Å². The molecule has 0 aliphatic rings. The fourth-order valence-electron chi connectivity index (χ4n) is 1.28. The molecule has 0 amide bonds. The maximum absolute atomic E-state index is 13.3. The molecule has 0 saturated heterocycles. The molecule has 0 atom stereocenters. The largest absolute Gasteiger partial charge is 0.326 e. The highest BCUT2D eigenvalue weighted by molar-refractivity contribution is 5.24. The Bertz CT molecular complexity index is 299. The topological polar surface area (TPSA) is 29.3 Å². The van der Waals surface area contributed by atoms with Crippen LogP contribution in [0.3, 0.4) is 0 Å². The van der Waals surface area contributed by atoms with Gasteiger partial charge in [-0.25, -0.2) is 4.39 Å². The van der Waals surface area contributed by atoms with Gasteiger partial charge in [-0.15, -0.1) is 0 Å². The molecule has 0 radical (unpaired) electrons. The third-order valence-electron chi connectivity index (χ3n) is 2.33. The second kappa shape index (κ2) is 5.08. The van der Waals surface area contributed by atoms with E-state index in [4.69, 9.17) is 5.73 Å². The summed E-state index contributed by atoms with van der Waals surface area (Å²) >= 11 is 0. The molecule has 0 heterocycles. The first-order valence-electron chi connectivity index (χ1n) is 4.83. The van der Waals surface area contributed by atoms with Crippen molar-refractivity contribution < 1.29 is 4.39 Å². The monoisotopic (exact) mass is 196 g/mol. The number of hydrogen-bond donors (Lipinski definition) is 1. The Hall–Kier alpha value is -0.930. The molecule has 2 nitrogen and oxygen atoms in total. The first kappa shape index (κ1) is 11.1. The highest BCUT2D eigenvalue weighted by Crippen LogP contribution is 2.12. The van der Waals surface area contributed by atoms with E-state index in [1.54, 1.807) is 6.07 Å². The predicted octanol–water partition coefficient (Wildman–Crippen LogP) is 1.74. The normalized spacial score (nSPS) is 10.9. The molecule has 78 valence electrons. The summed E-state index contributed by atoms with van der Waals surface area (Å²) in [5, 5.41) is 0. The minimum atomic E-state index is -0.150. The van der Waals surface area contributed by atoms with E-state index in [1.807, 2.05) is 20.0 Å². The summed E-state index contributed by atoms with van der Waals surface area (Å²) < 4.78 is 13.3. The third kappa shape index (κ3) is 2.79. The summed E-state index contributed by atoms with van der Waals surface area (Å²) in [6.45, 7) is 4.05. The third-order valence-corrected chi connectivity index (χ3v) is 2.33. The van der Waals surface area contributed by atoms with Crippen molar-refractivity contribution in [2.24, 2.45) is 5.73 Å². The maximum atomic E-state index is 13.3. The molecule has 0 spiro atoms. The van der Waals surface area contributed by atoms with Gasteiger partial charge in [0, 0.05) is 18.7 Å². The molecular formula is C11H17FN2. The van der Waals surface area contributed by atoms with E-state index in [0.29, 0.717) is 13.1 Å². The molecule has 0 fully saturated rings. The zero-order valence-corrected chi connectivity index (χ0v) is 8.76. The zero-order valence-electron chi connectivity index (χ0n) is 8.76. The predicted molar refractivity (Wildman–Crippen MR) is 56.3 cm³/mol. The Morgan fingerprint density at radius 3 is 2.71 bits per heavy atom. The summed E-state index contributed by atoms with van der Waals surface area (Å²) in [7, 11) is 1.97. The number of benzene rings is 1. The van der Waals surface area contributed by atoms with Crippen LogP contribution in [0.25, 0.3) is 0 Å².